The van der Waals surface area contributed by atoms with Crippen molar-refractivity contribution in [3.63, 3.8) is 0 Å². The lowest BCUT2D eigenvalue weighted by Crippen LogP contribution is -2.25. The van der Waals surface area contributed by atoms with Gasteiger partial charge in [-0.3, -0.25) is 4.90 Å². The SMILES string of the molecule is OCCCN(C/C=C/Cl)Cc1ccc(Cl)c(Cl)c1. The van der Waals surface area contributed by atoms with Gasteiger partial charge in [0, 0.05) is 31.8 Å². The number of aliphatic hydroxyl groups excluding tert-OH is 1. The molecule has 1 aromatic carbocycles. The standard InChI is InChI=1S/C13H16Cl3NO/c14-5-1-6-17(7-2-8-18)10-11-3-4-12(15)13(16)9-11/h1,3-5,9,18H,2,6-8,10H2/b5-1+. The molecule has 0 aliphatic carbocycles. The first-order valence-electron chi connectivity index (χ1n) is 5.69. The fraction of sp³-hybridized carbons (Fsp3) is 0.385. The summed E-state index contributed by atoms with van der Waals surface area (Å²) in [5.41, 5.74) is 2.59. The first-order chi connectivity index (χ1) is 8.67. The Labute approximate surface area is 123 Å². The van der Waals surface area contributed by atoms with Crippen LogP contribution in [0, 0.1) is 0 Å². The lowest BCUT2D eigenvalue weighted by molar-refractivity contribution is 0.232. The van der Waals surface area contributed by atoms with Crippen molar-refractivity contribution >= 4 is 34.8 Å². The Morgan fingerprint density at radius 2 is 2.00 bits per heavy atom. The zero-order valence-electron chi connectivity index (χ0n) is 9.95. The maximum Gasteiger partial charge on any atom is 0.0595 e. The third-order valence-corrected chi connectivity index (χ3v) is 3.39. The number of benzene rings is 1. The minimum atomic E-state index is 0.183. The molecule has 0 bridgehead atoms. The Morgan fingerprint density at radius 3 is 2.61 bits per heavy atom. The summed E-state index contributed by atoms with van der Waals surface area (Å²) in [4.78, 5) is 2.18. The van der Waals surface area contributed by atoms with E-state index in [-0.39, 0.29) is 6.61 Å². The number of hydrogen-bond donors (Lipinski definition) is 1. The van der Waals surface area contributed by atoms with E-state index in [0.717, 1.165) is 31.6 Å². The highest BCUT2D eigenvalue weighted by atomic mass is 35.5. The van der Waals surface area contributed by atoms with Crippen molar-refractivity contribution in [1.29, 1.82) is 0 Å². The topological polar surface area (TPSA) is 23.5 Å². The van der Waals surface area contributed by atoms with Crippen molar-refractivity contribution in [2.75, 3.05) is 19.7 Å². The minimum absolute atomic E-state index is 0.183. The number of halogens is 3. The number of nitrogens with zero attached hydrogens (tertiary/aromatic N) is 1. The van der Waals surface area contributed by atoms with Gasteiger partial charge in [-0.05, 0) is 24.1 Å². The van der Waals surface area contributed by atoms with Crippen molar-refractivity contribution in [2.24, 2.45) is 0 Å². The summed E-state index contributed by atoms with van der Waals surface area (Å²) in [6.45, 7) is 2.47. The van der Waals surface area contributed by atoms with Crippen molar-refractivity contribution in [1.82, 2.24) is 4.90 Å². The first kappa shape index (κ1) is 15.8. The molecule has 2 nitrogen and oxygen atoms in total. The van der Waals surface area contributed by atoms with Crippen LogP contribution in [0.2, 0.25) is 10.0 Å². The summed E-state index contributed by atoms with van der Waals surface area (Å²) in [5.74, 6) is 0. The van der Waals surface area contributed by atoms with Gasteiger partial charge in [0.25, 0.3) is 0 Å². The zero-order chi connectivity index (χ0) is 13.4. The smallest absolute Gasteiger partial charge is 0.0595 e. The lowest BCUT2D eigenvalue weighted by atomic mass is 10.2. The van der Waals surface area contributed by atoms with Crippen LogP contribution in [-0.2, 0) is 6.54 Å². The molecule has 18 heavy (non-hydrogen) atoms. The van der Waals surface area contributed by atoms with Gasteiger partial charge in [-0.25, -0.2) is 0 Å². The van der Waals surface area contributed by atoms with Crippen LogP contribution in [0.4, 0.5) is 0 Å². The minimum Gasteiger partial charge on any atom is -0.396 e. The van der Waals surface area contributed by atoms with E-state index in [4.69, 9.17) is 39.9 Å². The molecule has 1 N–H and O–H groups in total. The van der Waals surface area contributed by atoms with Gasteiger partial charge in [0.05, 0.1) is 10.0 Å². The van der Waals surface area contributed by atoms with E-state index in [9.17, 15) is 0 Å². The molecule has 5 heteroatoms. The van der Waals surface area contributed by atoms with E-state index in [1.54, 1.807) is 6.07 Å². The molecule has 0 aliphatic heterocycles. The van der Waals surface area contributed by atoms with Gasteiger partial charge in [-0.2, -0.15) is 0 Å². The van der Waals surface area contributed by atoms with E-state index >= 15 is 0 Å². The third-order valence-electron chi connectivity index (χ3n) is 2.48. The van der Waals surface area contributed by atoms with Crippen LogP contribution in [-0.4, -0.2) is 29.7 Å². The molecular weight excluding hydrogens is 293 g/mol. The first-order valence-corrected chi connectivity index (χ1v) is 6.89. The molecular formula is C13H16Cl3NO. The summed E-state index contributed by atoms with van der Waals surface area (Å²) in [7, 11) is 0. The Morgan fingerprint density at radius 1 is 1.22 bits per heavy atom. The molecule has 0 saturated carbocycles. The van der Waals surface area contributed by atoms with Crippen LogP contribution in [0.1, 0.15) is 12.0 Å². The molecule has 0 heterocycles. The second-order valence-electron chi connectivity index (χ2n) is 3.92. The monoisotopic (exact) mass is 307 g/mol. The van der Waals surface area contributed by atoms with E-state index in [1.165, 1.54) is 5.54 Å². The van der Waals surface area contributed by atoms with Gasteiger partial charge < -0.3 is 5.11 Å². The maximum atomic E-state index is 8.88. The van der Waals surface area contributed by atoms with E-state index in [0.29, 0.717) is 10.0 Å². The highest BCUT2D eigenvalue weighted by molar-refractivity contribution is 6.42. The summed E-state index contributed by atoms with van der Waals surface area (Å²) in [6.07, 6.45) is 2.61. The number of aliphatic hydroxyl groups is 1. The molecule has 0 unspecified atom stereocenters. The summed E-state index contributed by atoms with van der Waals surface area (Å²) >= 11 is 17.4. The molecule has 100 valence electrons. The van der Waals surface area contributed by atoms with Crippen LogP contribution in [0.15, 0.2) is 29.8 Å². The third kappa shape index (κ3) is 5.59. The van der Waals surface area contributed by atoms with Gasteiger partial charge in [0.15, 0.2) is 0 Å². The predicted octanol–water partition coefficient (Wildman–Crippen LogP) is 3.93. The molecule has 0 atom stereocenters. The molecule has 0 aromatic heterocycles. The second-order valence-corrected chi connectivity index (χ2v) is 4.99. The highest BCUT2D eigenvalue weighted by Gasteiger charge is 2.06. The Kier molecular flexibility index (Phi) is 7.71. The largest absolute Gasteiger partial charge is 0.396 e. The van der Waals surface area contributed by atoms with E-state index < -0.39 is 0 Å². The van der Waals surface area contributed by atoms with Crippen LogP contribution in [0.5, 0.6) is 0 Å². The van der Waals surface area contributed by atoms with Crippen molar-refractivity contribution in [2.45, 2.75) is 13.0 Å². The molecule has 0 spiro atoms. The Hall–Kier alpha value is -0.250. The molecule has 0 aliphatic rings. The average molecular weight is 309 g/mol. The van der Waals surface area contributed by atoms with Gasteiger partial charge in [-0.15, -0.1) is 0 Å². The van der Waals surface area contributed by atoms with E-state index in [2.05, 4.69) is 4.90 Å². The van der Waals surface area contributed by atoms with Gasteiger partial charge in [0.1, 0.15) is 0 Å². The Balaban J connectivity index is 2.65. The van der Waals surface area contributed by atoms with Crippen LogP contribution >= 0.6 is 34.8 Å². The fourth-order valence-corrected chi connectivity index (χ4v) is 2.01. The van der Waals surface area contributed by atoms with Crippen LogP contribution < -0.4 is 0 Å². The van der Waals surface area contributed by atoms with Crippen LogP contribution in [0.25, 0.3) is 0 Å². The number of rotatable bonds is 7. The summed E-state index contributed by atoms with van der Waals surface area (Å²) < 4.78 is 0. The second kappa shape index (κ2) is 8.78. The highest BCUT2D eigenvalue weighted by Crippen LogP contribution is 2.23. The average Bonchev–Trinajstić information content (AvgIpc) is 2.37. The molecule has 0 amide bonds. The van der Waals surface area contributed by atoms with Gasteiger partial charge in [0.2, 0.25) is 0 Å². The zero-order valence-corrected chi connectivity index (χ0v) is 12.2. The van der Waals surface area contributed by atoms with E-state index in [1.807, 2.05) is 18.2 Å². The Bertz CT molecular complexity index is 396. The molecule has 1 aromatic rings. The molecule has 0 radical (unpaired) electrons. The quantitative estimate of drug-likeness (QED) is 0.825. The van der Waals surface area contributed by atoms with Crippen molar-refractivity contribution < 1.29 is 5.11 Å². The van der Waals surface area contributed by atoms with Crippen molar-refractivity contribution in [3.8, 4) is 0 Å². The normalized spacial score (nSPS) is 11.6. The van der Waals surface area contributed by atoms with Crippen LogP contribution in [0.3, 0.4) is 0 Å². The van der Waals surface area contributed by atoms with Gasteiger partial charge >= 0.3 is 0 Å². The number of hydrogen-bond acceptors (Lipinski definition) is 2. The fourth-order valence-electron chi connectivity index (χ4n) is 1.61. The maximum absolute atomic E-state index is 8.88. The summed E-state index contributed by atoms with van der Waals surface area (Å²) in [6, 6.07) is 5.60. The molecule has 0 fully saturated rings. The molecule has 1 rings (SSSR count). The lowest BCUT2D eigenvalue weighted by Gasteiger charge is -2.20. The van der Waals surface area contributed by atoms with Gasteiger partial charge in [-0.1, -0.05) is 46.9 Å². The molecule has 0 saturated heterocycles. The summed E-state index contributed by atoms with van der Waals surface area (Å²) in [5, 5.41) is 10.00. The predicted molar refractivity (Wildman–Crippen MR) is 78.4 cm³/mol. The van der Waals surface area contributed by atoms with Crippen molar-refractivity contribution in [3.05, 3.63) is 45.4 Å².